The molecule has 0 bridgehead atoms. The number of hydrogen-bond donors (Lipinski definition) is 1. The van der Waals surface area contributed by atoms with E-state index in [0.717, 1.165) is 0 Å². The summed E-state index contributed by atoms with van der Waals surface area (Å²) in [4.78, 5) is 12.1. The van der Waals surface area contributed by atoms with Crippen molar-refractivity contribution in [2.75, 3.05) is 5.32 Å². The first-order chi connectivity index (χ1) is 9.32. The summed E-state index contributed by atoms with van der Waals surface area (Å²) in [7, 11) is 0. The summed E-state index contributed by atoms with van der Waals surface area (Å²) in [6, 6.07) is 3.55. The molecule has 20 heavy (non-hydrogen) atoms. The number of aromatic nitrogens is 2. The van der Waals surface area contributed by atoms with E-state index in [1.54, 1.807) is 10.9 Å². The third-order valence-corrected chi connectivity index (χ3v) is 3.23. The van der Waals surface area contributed by atoms with Crippen molar-refractivity contribution >= 4 is 27.7 Å². The number of carbonyl (C=O) groups is 1. The van der Waals surface area contributed by atoms with Crippen LogP contribution < -0.4 is 5.32 Å². The maximum absolute atomic E-state index is 12.1. The van der Waals surface area contributed by atoms with Crippen molar-refractivity contribution in [2.24, 2.45) is 0 Å². The summed E-state index contributed by atoms with van der Waals surface area (Å²) < 4.78 is 6.99. The number of halogens is 1. The van der Waals surface area contributed by atoms with Crippen LogP contribution in [0.25, 0.3) is 0 Å². The Labute approximate surface area is 124 Å². The zero-order valence-electron chi connectivity index (χ0n) is 11.3. The van der Waals surface area contributed by atoms with Gasteiger partial charge in [-0.2, -0.15) is 10.4 Å². The second-order valence-corrected chi connectivity index (χ2v) is 5.90. The molecule has 2 aromatic heterocycles. The van der Waals surface area contributed by atoms with E-state index in [1.165, 1.54) is 12.3 Å². The molecule has 1 N–H and O–H groups in total. The van der Waals surface area contributed by atoms with Crippen molar-refractivity contribution in [1.29, 1.82) is 5.26 Å². The number of carbonyl (C=O) groups excluding carboxylic acids is 1. The summed E-state index contributed by atoms with van der Waals surface area (Å²) in [5.41, 5.74) is 0.386. The highest BCUT2D eigenvalue weighted by Gasteiger charge is 2.21. The van der Waals surface area contributed by atoms with Crippen LogP contribution in [0.2, 0.25) is 0 Å². The average Bonchev–Trinajstić information content (AvgIpc) is 2.94. The van der Waals surface area contributed by atoms with Gasteiger partial charge in [0.25, 0.3) is 5.91 Å². The molecule has 104 valence electrons. The Morgan fingerprint density at radius 3 is 2.75 bits per heavy atom. The zero-order chi connectivity index (χ0) is 14.9. The number of anilines is 1. The molecular weight excluding hydrogens is 324 g/mol. The lowest BCUT2D eigenvalue weighted by Gasteiger charge is -2.18. The Balaban J connectivity index is 2.30. The largest absolute Gasteiger partial charge is 0.457 e. The molecular formula is C13H13BrN4O2. The lowest BCUT2D eigenvalue weighted by atomic mass is 10.1. The first kappa shape index (κ1) is 14.3. The number of furan rings is 1. The van der Waals surface area contributed by atoms with E-state index < -0.39 is 0 Å². The van der Waals surface area contributed by atoms with Crippen LogP contribution in [-0.4, -0.2) is 15.7 Å². The van der Waals surface area contributed by atoms with Gasteiger partial charge in [-0.15, -0.1) is 0 Å². The van der Waals surface area contributed by atoms with Crippen molar-refractivity contribution in [1.82, 2.24) is 9.78 Å². The Hall–Kier alpha value is -2.07. The predicted octanol–water partition coefficient (Wildman–Crippen LogP) is 3.12. The monoisotopic (exact) mass is 336 g/mol. The molecule has 0 aliphatic heterocycles. The van der Waals surface area contributed by atoms with Gasteiger partial charge in [-0.25, -0.2) is 0 Å². The second-order valence-electron chi connectivity index (χ2n) is 5.18. The van der Waals surface area contributed by atoms with Crippen molar-refractivity contribution < 1.29 is 9.21 Å². The SMILES string of the molecule is CC(C)(C)n1cc(C#N)c(NC(=O)c2ccoc2Br)n1. The zero-order valence-corrected chi connectivity index (χ0v) is 12.9. The van der Waals surface area contributed by atoms with Gasteiger partial charge in [0.05, 0.1) is 17.4 Å². The van der Waals surface area contributed by atoms with Crippen LogP contribution >= 0.6 is 15.9 Å². The number of nitrogens with one attached hydrogen (secondary N) is 1. The quantitative estimate of drug-likeness (QED) is 0.913. The van der Waals surface area contributed by atoms with Gasteiger partial charge in [0.15, 0.2) is 10.5 Å². The van der Waals surface area contributed by atoms with E-state index >= 15 is 0 Å². The molecule has 0 spiro atoms. The van der Waals surface area contributed by atoms with E-state index in [0.29, 0.717) is 15.8 Å². The number of hydrogen-bond acceptors (Lipinski definition) is 4. The molecule has 0 aliphatic carbocycles. The smallest absolute Gasteiger partial charge is 0.261 e. The summed E-state index contributed by atoms with van der Waals surface area (Å²) in [5, 5.41) is 16.0. The molecule has 0 fully saturated rings. The highest BCUT2D eigenvalue weighted by Crippen LogP contribution is 2.22. The van der Waals surface area contributed by atoms with Crippen LogP contribution in [0.1, 0.15) is 36.7 Å². The average molecular weight is 337 g/mol. The van der Waals surface area contributed by atoms with Gasteiger partial charge in [0, 0.05) is 6.20 Å². The standard InChI is InChI=1S/C13H13BrN4O2/c1-13(2,3)18-7-8(6-15)11(17-18)16-12(19)9-4-5-20-10(9)14/h4-5,7H,1-3H3,(H,16,17,19). The Morgan fingerprint density at radius 1 is 1.55 bits per heavy atom. The Bertz CT molecular complexity index is 688. The van der Waals surface area contributed by atoms with Gasteiger partial charge in [0.1, 0.15) is 11.6 Å². The highest BCUT2D eigenvalue weighted by atomic mass is 79.9. The van der Waals surface area contributed by atoms with E-state index in [4.69, 9.17) is 9.68 Å². The van der Waals surface area contributed by atoms with Gasteiger partial charge in [-0.05, 0) is 42.8 Å². The van der Waals surface area contributed by atoms with Crippen molar-refractivity contribution in [3.63, 3.8) is 0 Å². The molecule has 0 saturated heterocycles. The van der Waals surface area contributed by atoms with Crippen LogP contribution in [0.5, 0.6) is 0 Å². The highest BCUT2D eigenvalue weighted by molar-refractivity contribution is 9.10. The molecule has 2 rings (SSSR count). The Kier molecular flexibility index (Phi) is 3.68. The molecule has 0 unspecified atom stereocenters. The maximum Gasteiger partial charge on any atom is 0.261 e. The minimum absolute atomic E-state index is 0.237. The molecule has 0 atom stereocenters. The molecule has 0 radical (unpaired) electrons. The molecule has 7 heteroatoms. The number of nitriles is 1. The second kappa shape index (κ2) is 5.13. The van der Waals surface area contributed by atoms with E-state index in [-0.39, 0.29) is 17.3 Å². The minimum atomic E-state index is -0.388. The van der Waals surface area contributed by atoms with Crippen LogP contribution in [0.4, 0.5) is 5.82 Å². The van der Waals surface area contributed by atoms with Crippen LogP contribution in [-0.2, 0) is 5.54 Å². The summed E-state index contributed by atoms with van der Waals surface area (Å²) in [6.45, 7) is 5.87. The fourth-order valence-electron chi connectivity index (χ4n) is 1.52. The minimum Gasteiger partial charge on any atom is -0.457 e. The van der Waals surface area contributed by atoms with Crippen molar-refractivity contribution in [2.45, 2.75) is 26.3 Å². The van der Waals surface area contributed by atoms with Crippen molar-refractivity contribution in [3.05, 3.63) is 34.3 Å². The first-order valence-electron chi connectivity index (χ1n) is 5.87. The maximum atomic E-state index is 12.1. The van der Waals surface area contributed by atoms with E-state index in [1.807, 2.05) is 26.8 Å². The normalized spacial score (nSPS) is 11.2. The lowest BCUT2D eigenvalue weighted by molar-refractivity contribution is 0.102. The summed E-state index contributed by atoms with van der Waals surface area (Å²) in [6.07, 6.45) is 3.01. The number of rotatable bonds is 2. The van der Waals surface area contributed by atoms with Gasteiger partial charge in [-0.1, -0.05) is 0 Å². The molecule has 1 amide bonds. The number of amides is 1. The van der Waals surface area contributed by atoms with E-state index in [9.17, 15) is 4.79 Å². The molecule has 0 aliphatic rings. The van der Waals surface area contributed by atoms with Crippen LogP contribution in [0.15, 0.2) is 27.6 Å². The first-order valence-corrected chi connectivity index (χ1v) is 6.67. The molecule has 2 aromatic rings. The topological polar surface area (TPSA) is 83.9 Å². The van der Waals surface area contributed by atoms with E-state index in [2.05, 4.69) is 26.3 Å². The summed E-state index contributed by atoms with van der Waals surface area (Å²) in [5.74, 6) is -0.151. The van der Waals surface area contributed by atoms with Gasteiger partial charge < -0.3 is 9.73 Å². The molecule has 0 aromatic carbocycles. The number of nitrogens with zero attached hydrogens (tertiary/aromatic N) is 3. The van der Waals surface area contributed by atoms with Gasteiger partial charge in [-0.3, -0.25) is 9.48 Å². The predicted molar refractivity (Wildman–Crippen MR) is 76.3 cm³/mol. The molecule has 2 heterocycles. The fourth-order valence-corrected chi connectivity index (χ4v) is 1.94. The Morgan fingerprint density at radius 2 is 2.25 bits per heavy atom. The summed E-state index contributed by atoms with van der Waals surface area (Å²) >= 11 is 3.13. The third kappa shape index (κ3) is 2.75. The van der Waals surface area contributed by atoms with Gasteiger partial charge in [0.2, 0.25) is 0 Å². The fraction of sp³-hybridized carbons (Fsp3) is 0.308. The molecule has 6 nitrogen and oxygen atoms in total. The third-order valence-electron chi connectivity index (χ3n) is 2.62. The molecule has 0 saturated carbocycles. The lowest BCUT2D eigenvalue weighted by Crippen LogP contribution is -2.22. The van der Waals surface area contributed by atoms with Gasteiger partial charge >= 0.3 is 0 Å². The van der Waals surface area contributed by atoms with Crippen LogP contribution in [0.3, 0.4) is 0 Å². The van der Waals surface area contributed by atoms with Crippen molar-refractivity contribution in [3.8, 4) is 6.07 Å². The van der Waals surface area contributed by atoms with Crippen LogP contribution in [0, 0.1) is 11.3 Å².